The molecule has 0 saturated heterocycles. The number of nitrogens with two attached hydrogens (primary N) is 1. The number of aromatic nitrogens is 2. The predicted octanol–water partition coefficient (Wildman–Crippen LogP) is 0.635. The zero-order chi connectivity index (χ0) is 17.9. The number of hydrogen-bond acceptors (Lipinski definition) is 5. The average molecular weight is 357 g/mol. The van der Waals surface area contributed by atoms with Gasteiger partial charge in [0.15, 0.2) is 11.6 Å². The molecule has 5 N–H and O–H groups in total. The van der Waals surface area contributed by atoms with E-state index in [2.05, 4.69) is 10.3 Å². The molecular formula is C14H14ClFN4O4. The van der Waals surface area contributed by atoms with Gasteiger partial charge in [0, 0.05) is 0 Å². The number of rotatable bonds is 5. The van der Waals surface area contributed by atoms with Gasteiger partial charge in [-0.05, 0) is 19.1 Å². The summed E-state index contributed by atoms with van der Waals surface area (Å²) in [5, 5.41) is 2.39. The fourth-order valence-electron chi connectivity index (χ4n) is 1.82. The van der Waals surface area contributed by atoms with E-state index in [9.17, 15) is 18.8 Å². The van der Waals surface area contributed by atoms with Crippen LogP contribution in [0.25, 0.3) is 0 Å². The van der Waals surface area contributed by atoms with Gasteiger partial charge < -0.3 is 20.8 Å². The van der Waals surface area contributed by atoms with Gasteiger partial charge >= 0.3 is 5.69 Å². The van der Waals surface area contributed by atoms with Crippen molar-refractivity contribution in [1.29, 1.82) is 0 Å². The van der Waals surface area contributed by atoms with Crippen molar-refractivity contribution >= 4 is 23.2 Å². The van der Waals surface area contributed by atoms with Gasteiger partial charge in [-0.25, -0.2) is 9.18 Å². The summed E-state index contributed by atoms with van der Waals surface area (Å²) in [5.41, 5.74) is 2.96. The highest BCUT2D eigenvalue weighted by Gasteiger charge is 2.17. The Morgan fingerprint density at radius 1 is 1.42 bits per heavy atom. The second-order valence-corrected chi connectivity index (χ2v) is 5.34. The van der Waals surface area contributed by atoms with Crippen molar-refractivity contribution in [2.75, 3.05) is 12.3 Å². The maximum atomic E-state index is 13.7. The van der Waals surface area contributed by atoms with Gasteiger partial charge in [-0.15, -0.1) is 0 Å². The van der Waals surface area contributed by atoms with Crippen molar-refractivity contribution in [1.82, 2.24) is 15.3 Å². The standard InChI is InChI=1S/C14H14ClFN4O4/c1-6(5-24-8-4-2-3-7(15)9(8)16)18-13(22)11-10(17)12(21)20-14(23)19-11/h2-4,6H,5,17H2,1H3,(H,18,22)(H2,19,20,21,23). The number of nitrogens with one attached hydrogen (secondary N) is 3. The Balaban J connectivity index is 2.03. The molecule has 0 spiro atoms. The lowest BCUT2D eigenvalue weighted by Crippen LogP contribution is -2.40. The Morgan fingerprint density at radius 3 is 2.83 bits per heavy atom. The van der Waals surface area contributed by atoms with Crippen LogP contribution in [-0.4, -0.2) is 28.5 Å². The van der Waals surface area contributed by atoms with E-state index in [1.54, 1.807) is 6.92 Å². The molecule has 1 aromatic carbocycles. The SMILES string of the molecule is CC(COc1cccc(Cl)c1F)NC(=O)c1[nH]c(=O)[nH]c(=O)c1N. The average Bonchev–Trinajstić information content (AvgIpc) is 2.52. The number of amides is 1. The van der Waals surface area contributed by atoms with E-state index in [0.717, 1.165) is 0 Å². The highest BCUT2D eigenvalue weighted by atomic mass is 35.5. The fraction of sp³-hybridized carbons (Fsp3) is 0.214. The second-order valence-electron chi connectivity index (χ2n) is 4.93. The van der Waals surface area contributed by atoms with Crippen LogP contribution < -0.4 is 27.0 Å². The largest absolute Gasteiger partial charge is 0.488 e. The number of benzene rings is 1. The van der Waals surface area contributed by atoms with Crippen molar-refractivity contribution in [2.24, 2.45) is 0 Å². The Labute approximate surface area is 139 Å². The fourth-order valence-corrected chi connectivity index (χ4v) is 1.99. The number of anilines is 1. The van der Waals surface area contributed by atoms with E-state index in [-0.39, 0.29) is 23.1 Å². The summed E-state index contributed by atoms with van der Waals surface area (Å²) in [6, 6.07) is 3.72. The minimum Gasteiger partial charge on any atom is -0.488 e. The van der Waals surface area contributed by atoms with E-state index >= 15 is 0 Å². The number of aromatic amines is 2. The number of ether oxygens (including phenoxy) is 1. The summed E-state index contributed by atoms with van der Waals surface area (Å²) in [5.74, 6) is -1.54. The van der Waals surface area contributed by atoms with Crippen molar-refractivity contribution in [3.05, 3.63) is 55.6 Å². The summed E-state index contributed by atoms with van der Waals surface area (Å²) in [6.07, 6.45) is 0. The third kappa shape index (κ3) is 3.93. The first-order chi connectivity index (χ1) is 11.3. The van der Waals surface area contributed by atoms with Gasteiger partial charge in [-0.1, -0.05) is 17.7 Å². The minimum absolute atomic E-state index is 0.0623. The zero-order valence-corrected chi connectivity index (χ0v) is 13.2. The number of nitrogen functional groups attached to an aromatic ring is 1. The van der Waals surface area contributed by atoms with Gasteiger partial charge in [0.1, 0.15) is 18.0 Å². The first-order valence-electron chi connectivity index (χ1n) is 6.79. The maximum Gasteiger partial charge on any atom is 0.326 e. The van der Waals surface area contributed by atoms with Gasteiger partial charge in [0.05, 0.1) is 11.1 Å². The van der Waals surface area contributed by atoms with E-state index in [4.69, 9.17) is 22.1 Å². The molecule has 0 aliphatic rings. The van der Waals surface area contributed by atoms with Crippen LogP contribution in [0, 0.1) is 5.82 Å². The third-order valence-electron chi connectivity index (χ3n) is 2.99. The molecule has 0 saturated carbocycles. The second kappa shape index (κ2) is 7.18. The molecule has 0 bridgehead atoms. The van der Waals surface area contributed by atoms with Gasteiger partial charge in [0.25, 0.3) is 11.5 Å². The molecule has 1 amide bonds. The molecule has 24 heavy (non-hydrogen) atoms. The van der Waals surface area contributed by atoms with Crippen molar-refractivity contribution in [3.63, 3.8) is 0 Å². The Hall–Kier alpha value is -2.81. The lowest BCUT2D eigenvalue weighted by molar-refractivity contribution is 0.0921. The molecule has 1 aromatic heterocycles. The van der Waals surface area contributed by atoms with Crippen molar-refractivity contribution < 1.29 is 13.9 Å². The molecular weight excluding hydrogens is 343 g/mol. The Bertz CT molecular complexity index is 880. The summed E-state index contributed by atoms with van der Waals surface area (Å²) < 4.78 is 18.9. The molecule has 1 atom stereocenters. The van der Waals surface area contributed by atoms with Crippen LogP contribution in [-0.2, 0) is 0 Å². The van der Waals surface area contributed by atoms with Crippen molar-refractivity contribution in [2.45, 2.75) is 13.0 Å². The van der Waals surface area contributed by atoms with Crippen LogP contribution >= 0.6 is 11.6 Å². The van der Waals surface area contributed by atoms with Crippen LogP contribution in [0.1, 0.15) is 17.4 Å². The van der Waals surface area contributed by atoms with Gasteiger partial charge in [-0.3, -0.25) is 14.6 Å². The summed E-state index contributed by atoms with van der Waals surface area (Å²) in [4.78, 5) is 38.7. The molecule has 8 nitrogen and oxygen atoms in total. The van der Waals surface area contributed by atoms with Crippen LogP contribution in [0.3, 0.4) is 0 Å². The Morgan fingerprint density at radius 2 is 2.12 bits per heavy atom. The van der Waals surface area contributed by atoms with Crippen LogP contribution in [0.4, 0.5) is 10.1 Å². The topological polar surface area (TPSA) is 130 Å². The van der Waals surface area contributed by atoms with Crippen LogP contribution in [0.15, 0.2) is 27.8 Å². The maximum absolute atomic E-state index is 13.7. The molecule has 128 valence electrons. The Kier molecular flexibility index (Phi) is 5.24. The smallest absolute Gasteiger partial charge is 0.326 e. The number of H-pyrrole nitrogens is 2. The van der Waals surface area contributed by atoms with E-state index < -0.39 is 34.7 Å². The molecule has 1 unspecified atom stereocenters. The molecule has 0 aliphatic heterocycles. The van der Waals surface area contributed by atoms with Crippen LogP contribution in [0.2, 0.25) is 5.02 Å². The molecule has 2 aromatic rings. The number of hydrogen-bond donors (Lipinski definition) is 4. The van der Waals surface area contributed by atoms with Crippen LogP contribution in [0.5, 0.6) is 5.75 Å². The first kappa shape index (κ1) is 17.5. The highest BCUT2D eigenvalue weighted by Crippen LogP contribution is 2.24. The summed E-state index contributed by atoms with van der Waals surface area (Å²) in [6.45, 7) is 1.51. The number of carbonyl (C=O) groups excluding carboxylic acids is 1. The molecule has 1 heterocycles. The molecule has 0 aliphatic carbocycles. The molecule has 0 radical (unpaired) electrons. The van der Waals surface area contributed by atoms with E-state index in [1.165, 1.54) is 18.2 Å². The van der Waals surface area contributed by atoms with E-state index in [1.807, 2.05) is 4.98 Å². The molecule has 0 fully saturated rings. The number of halogens is 2. The molecule has 2 rings (SSSR count). The minimum atomic E-state index is -0.867. The monoisotopic (exact) mass is 356 g/mol. The lowest BCUT2D eigenvalue weighted by atomic mass is 10.3. The number of carbonyl (C=O) groups is 1. The molecule has 10 heteroatoms. The van der Waals surface area contributed by atoms with Gasteiger partial charge in [-0.2, -0.15) is 0 Å². The summed E-state index contributed by atoms with van der Waals surface area (Å²) >= 11 is 5.64. The quantitative estimate of drug-likeness (QED) is 0.624. The third-order valence-corrected chi connectivity index (χ3v) is 3.28. The summed E-state index contributed by atoms with van der Waals surface area (Å²) in [7, 11) is 0. The lowest BCUT2D eigenvalue weighted by Gasteiger charge is -2.16. The van der Waals surface area contributed by atoms with Gasteiger partial charge in [0.2, 0.25) is 0 Å². The van der Waals surface area contributed by atoms with Crippen molar-refractivity contribution in [3.8, 4) is 5.75 Å². The first-order valence-corrected chi connectivity index (χ1v) is 7.17. The van der Waals surface area contributed by atoms with E-state index in [0.29, 0.717) is 0 Å². The zero-order valence-electron chi connectivity index (χ0n) is 12.5. The predicted molar refractivity (Wildman–Crippen MR) is 85.9 cm³/mol. The normalized spacial score (nSPS) is 11.8. The highest BCUT2D eigenvalue weighted by molar-refractivity contribution is 6.30.